The van der Waals surface area contributed by atoms with Crippen molar-refractivity contribution in [3.8, 4) is 11.5 Å². The van der Waals surface area contributed by atoms with Crippen LogP contribution in [-0.2, 0) is 6.18 Å². The number of hydrogen-bond donors (Lipinski definition) is 1. The minimum absolute atomic E-state index is 0.0853. The zero-order chi connectivity index (χ0) is 26.1. The second-order valence-corrected chi connectivity index (χ2v) is 10.7. The van der Waals surface area contributed by atoms with Gasteiger partial charge in [-0.2, -0.15) is 13.2 Å². The van der Waals surface area contributed by atoms with Gasteiger partial charge in [-0.15, -0.1) is 21.5 Å². The maximum absolute atomic E-state index is 13.1. The molecule has 0 spiro atoms. The average molecular weight is 538 g/mol. The summed E-state index contributed by atoms with van der Waals surface area (Å²) in [5.74, 6) is 0.439. The third-order valence-corrected chi connectivity index (χ3v) is 6.33. The molecule has 4 rings (SSSR count). The van der Waals surface area contributed by atoms with Gasteiger partial charge < -0.3 is 9.47 Å². The maximum atomic E-state index is 13.1. The first-order chi connectivity index (χ1) is 17.0. The number of imidazole rings is 1. The number of nitrogens with one attached hydrogen (secondary N) is 1. The number of ether oxygens (including phenoxy) is 2. The molecule has 0 unspecified atom stereocenters. The van der Waals surface area contributed by atoms with Crippen LogP contribution in [0.1, 0.15) is 47.5 Å². The van der Waals surface area contributed by atoms with Crippen LogP contribution in [0.2, 0.25) is 0 Å². The standard InChI is InChI=1S/C23H22F3N5O3S2/c1-22(2,3)12-34-17-13(6-5-7-15(17)33-4)8-9-14-16(31-10-11-35-21(31)27-14)18(32)28-20-30-29-19(36-20)23(24,25)26/h5-11H,12H2,1-4H3,(H,28,30,32)/b9-8+. The van der Waals surface area contributed by atoms with Crippen molar-refractivity contribution in [1.29, 1.82) is 0 Å². The Kier molecular flexibility index (Phi) is 7.05. The number of thiazole rings is 1. The highest BCUT2D eigenvalue weighted by atomic mass is 32.1. The maximum Gasteiger partial charge on any atom is 0.445 e. The number of aromatic nitrogens is 4. The van der Waals surface area contributed by atoms with E-state index in [1.165, 1.54) is 11.3 Å². The number of benzene rings is 1. The predicted octanol–water partition coefficient (Wildman–Crippen LogP) is 6.12. The third-order valence-electron chi connectivity index (χ3n) is 4.69. The second-order valence-electron chi connectivity index (χ2n) is 8.83. The molecule has 0 atom stereocenters. The van der Waals surface area contributed by atoms with Crippen molar-refractivity contribution < 1.29 is 27.4 Å². The second kappa shape index (κ2) is 9.90. The fourth-order valence-corrected chi connectivity index (χ4v) is 4.45. The molecule has 3 heterocycles. The molecule has 0 aliphatic carbocycles. The lowest BCUT2D eigenvalue weighted by Gasteiger charge is -2.21. The molecule has 36 heavy (non-hydrogen) atoms. The first-order valence-corrected chi connectivity index (χ1v) is 12.3. The summed E-state index contributed by atoms with van der Waals surface area (Å²) in [4.78, 5) is 18.1. The monoisotopic (exact) mass is 537 g/mol. The number of rotatable bonds is 7. The molecule has 0 saturated carbocycles. The number of amides is 1. The Morgan fingerprint density at radius 3 is 2.64 bits per heavy atom. The van der Waals surface area contributed by atoms with Crippen molar-refractivity contribution in [3.05, 3.63) is 51.7 Å². The fourth-order valence-electron chi connectivity index (χ4n) is 3.13. The van der Waals surface area contributed by atoms with Crippen LogP contribution in [-0.4, -0.2) is 39.2 Å². The number of nitrogens with zero attached hydrogens (tertiary/aromatic N) is 4. The highest BCUT2D eigenvalue weighted by Crippen LogP contribution is 2.35. The van der Waals surface area contributed by atoms with E-state index in [0.717, 1.165) is 0 Å². The number of alkyl halides is 3. The Labute approximate surface area is 212 Å². The van der Waals surface area contributed by atoms with Gasteiger partial charge in [-0.1, -0.05) is 44.2 Å². The number of anilines is 1. The van der Waals surface area contributed by atoms with E-state index in [1.54, 1.807) is 41.3 Å². The minimum Gasteiger partial charge on any atom is -0.493 e. The summed E-state index contributed by atoms with van der Waals surface area (Å²) in [5, 5.41) is 9.27. The summed E-state index contributed by atoms with van der Waals surface area (Å²) in [6.07, 6.45) is 0.407. The minimum atomic E-state index is -4.64. The fraction of sp³-hybridized carbons (Fsp3) is 0.304. The van der Waals surface area contributed by atoms with Gasteiger partial charge in [0.2, 0.25) is 10.1 Å². The molecule has 0 saturated heterocycles. The van der Waals surface area contributed by atoms with Crippen molar-refractivity contribution in [2.24, 2.45) is 5.41 Å². The Morgan fingerprint density at radius 1 is 1.19 bits per heavy atom. The SMILES string of the molecule is COc1cccc(/C=C/c2nc3sccn3c2C(=O)Nc2nnc(C(F)(F)F)s2)c1OCC(C)(C)C. The summed E-state index contributed by atoms with van der Waals surface area (Å²) in [7, 11) is 1.55. The molecule has 1 amide bonds. The number of hydrogen-bond acceptors (Lipinski definition) is 8. The van der Waals surface area contributed by atoms with Gasteiger partial charge in [0.25, 0.3) is 5.91 Å². The number of para-hydroxylation sites is 1. The highest BCUT2D eigenvalue weighted by Gasteiger charge is 2.36. The summed E-state index contributed by atoms with van der Waals surface area (Å²) in [5.41, 5.74) is 1.09. The molecule has 1 N–H and O–H groups in total. The normalized spacial score (nSPS) is 12.4. The van der Waals surface area contributed by atoms with E-state index in [9.17, 15) is 18.0 Å². The zero-order valence-electron chi connectivity index (χ0n) is 19.7. The summed E-state index contributed by atoms with van der Waals surface area (Å²) >= 11 is 1.56. The van der Waals surface area contributed by atoms with Crippen molar-refractivity contribution >= 4 is 50.8 Å². The van der Waals surface area contributed by atoms with Crippen LogP contribution in [0.25, 0.3) is 17.1 Å². The van der Waals surface area contributed by atoms with Gasteiger partial charge in [0.15, 0.2) is 16.5 Å². The van der Waals surface area contributed by atoms with Crippen LogP contribution in [0.5, 0.6) is 11.5 Å². The molecular formula is C23H22F3N5O3S2. The van der Waals surface area contributed by atoms with Crippen molar-refractivity contribution in [2.75, 3.05) is 19.0 Å². The Hall–Kier alpha value is -3.45. The summed E-state index contributed by atoms with van der Waals surface area (Å²) in [6, 6.07) is 5.45. The van der Waals surface area contributed by atoms with Gasteiger partial charge >= 0.3 is 6.18 Å². The van der Waals surface area contributed by atoms with Crippen LogP contribution >= 0.6 is 22.7 Å². The van der Waals surface area contributed by atoms with Crippen LogP contribution in [0.15, 0.2) is 29.8 Å². The third kappa shape index (κ3) is 5.68. The number of carbonyl (C=O) groups excluding carboxylic acids is 1. The van der Waals surface area contributed by atoms with E-state index in [-0.39, 0.29) is 27.6 Å². The van der Waals surface area contributed by atoms with Gasteiger partial charge in [0.1, 0.15) is 5.69 Å². The van der Waals surface area contributed by atoms with E-state index in [0.29, 0.717) is 34.3 Å². The van der Waals surface area contributed by atoms with E-state index in [4.69, 9.17) is 9.47 Å². The van der Waals surface area contributed by atoms with E-state index in [1.807, 2.05) is 12.1 Å². The van der Waals surface area contributed by atoms with Crippen molar-refractivity contribution in [3.63, 3.8) is 0 Å². The molecule has 0 aliphatic heterocycles. The van der Waals surface area contributed by atoms with E-state index in [2.05, 4.69) is 41.3 Å². The van der Waals surface area contributed by atoms with Crippen LogP contribution < -0.4 is 14.8 Å². The smallest absolute Gasteiger partial charge is 0.445 e. The van der Waals surface area contributed by atoms with Gasteiger partial charge in [0, 0.05) is 17.1 Å². The molecule has 3 aromatic heterocycles. The molecule has 190 valence electrons. The molecule has 0 aliphatic rings. The first-order valence-electron chi connectivity index (χ1n) is 10.6. The first kappa shape index (κ1) is 25.6. The lowest BCUT2D eigenvalue weighted by molar-refractivity contribution is -0.138. The van der Waals surface area contributed by atoms with E-state index < -0.39 is 17.1 Å². The average Bonchev–Trinajstić information content (AvgIpc) is 3.51. The molecule has 4 aromatic rings. The largest absolute Gasteiger partial charge is 0.493 e. The van der Waals surface area contributed by atoms with E-state index >= 15 is 0 Å². The zero-order valence-corrected chi connectivity index (χ0v) is 21.3. The molecule has 0 bridgehead atoms. The molecule has 8 nitrogen and oxygen atoms in total. The van der Waals surface area contributed by atoms with Crippen LogP contribution in [0.4, 0.5) is 18.3 Å². The number of methoxy groups -OCH3 is 1. The van der Waals surface area contributed by atoms with Crippen LogP contribution in [0.3, 0.4) is 0 Å². The number of carbonyl (C=O) groups is 1. The molecular weight excluding hydrogens is 515 g/mol. The molecule has 0 fully saturated rings. The van der Waals surface area contributed by atoms with Gasteiger partial charge in [-0.3, -0.25) is 14.5 Å². The number of fused-ring (bicyclic) bond motifs is 1. The lowest BCUT2D eigenvalue weighted by Crippen LogP contribution is -2.17. The lowest BCUT2D eigenvalue weighted by atomic mass is 9.98. The van der Waals surface area contributed by atoms with Crippen LogP contribution in [0, 0.1) is 5.41 Å². The Morgan fingerprint density at radius 2 is 1.97 bits per heavy atom. The Bertz CT molecular complexity index is 1420. The van der Waals surface area contributed by atoms with Crippen molar-refractivity contribution in [1.82, 2.24) is 19.6 Å². The van der Waals surface area contributed by atoms with Gasteiger partial charge in [-0.25, -0.2) is 4.98 Å². The summed E-state index contributed by atoms with van der Waals surface area (Å²) < 4.78 is 51.7. The van der Waals surface area contributed by atoms with Gasteiger partial charge in [-0.05, 0) is 23.6 Å². The quantitative estimate of drug-likeness (QED) is 0.305. The van der Waals surface area contributed by atoms with Gasteiger partial charge in [0.05, 0.1) is 19.4 Å². The summed E-state index contributed by atoms with van der Waals surface area (Å²) in [6.45, 7) is 6.60. The topological polar surface area (TPSA) is 90.6 Å². The molecule has 1 aromatic carbocycles. The highest BCUT2D eigenvalue weighted by molar-refractivity contribution is 7.15. The molecule has 0 radical (unpaired) electrons. The Balaban J connectivity index is 1.66. The predicted molar refractivity (Wildman–Crippen MR) is 133 cm³/mol. The van der Waals surface area contributed by atoms with Crippen molar-refractivity contribution in [2.45, 2.75) is 26.9 Å². The number of halogens is 3. The molecule has 13 heteroatoms.